The van der Waals surface area contributed by atoms with Crippen LogP contribution in [-0.2, 0) is 0 Å². The van der Waals surface area contributed by atoms with Gasteiger partial charge in [0.05, 0.1) is 12.6 Å². The maximum Gasteiger partial charge on any atom is 0.0707 e. The van der Waals surface area contributed by atoms with Crippen LogP contribution in [0.2, 0.25) is 0 Å². The van der Waals surface area contributed by atoms with E-state index < -0.39 is 0 Å². The van der Waals surface area contributed by atoms with Crippen LogP contribution >= 0.6 is 0 Å². The lowest BCUT2D eigenvalue weighted by Gasteiger charge is -2.12. The van der Waals surface area contributed by atoms with Gasteiger partial charge in [0.15, 0.2) is 0 Å². The second kappa shape index (κ2) is 4.16. The predicted octanol–water partition coefficient (Wildman–Crippen LogP) is 0.658. The Hall–Kier alpha value is -0.800. The van der Waals surface area contributed by atoms with Crippen molar-refractivity contribution in [1.82, 2.24) is 10.3 Å². The van der Waals surface area contributed by atoms with Crippen molar-refractivity contribution in [2.45, 2.75) is 13.0 Å². The monoisotopic (exact) mass is 154 g/mol. The Kier molecular flexibility index (Phi) is 3.14. The average Bonchev–Trinajstić information content (AvgIpc) is 2.52. The maximum absolute atomic E-state index is 8.95. The molecule has 0 aliphatic heterocycles. The molecule has 1 aromatic heterocycles. The Morgan fingerprint density at radius 1 is 1.73 bits per heavy atom. The summed E-state index contributed by atoms with van der Waals surface area (Å²) in [6.07, 6.45) is 1.86. The molecule has 0 fully saturated rings. The van der Waals surface area contributed by atoms with Gasteiger partial charge in [0.25, 0.3) is 0 Å². The first kappa shape index (κ1) is 8.30. The third kappa shape index (κ3) is 2.06. The molecule has 0 spiro atoms. The van der Waals surface area contributed by atoms with Gasteiger partial charge in [-0.05, 0) is 18.7 Å². The molecule has 0 radical (unpaired) electrons. The van der Waals surface area contributed by atoms with E-state index in [0.29, 0.717) is 0 Å². The lowest BCUT2D eigenvalue weighted by molar-refractivity contribution is 0.244. The number of nitrogens with one attached hydrogen (secondary N) is 2. The van der Waals surface area contributed by atoms with Crippen LogP contribution in [0.3, 0.4) is 0 Å². The van der Waals surface area contributed by atoms with Crippen LogP contribution in [0.4, 0.5) is 0 Å². The molecule has 0 saturated heterocycles. The third-order valence-corrected chi connectivity index (χ3v) is 1.63. The number of aromatic nitrogens is 1. The molecule has 3 nitrogen and oxygen atoms in total. The topological polar surface area (TPSA) is 48.0 Å². The van der Waals surface area contributed by atoms with Crippen LogP contribution in [0.25, 0.3) is 0 Å². The van der Waals surface area contributed by atoms with Crippen LogP contribution < -0.4 is 5.32 Å². The van der Waals surface area contributed by atoms with E-state index in [-0.39, 0.29) is 12.6 Å². The summed E-state index contributed by atoms with van der Waals surface area (Å²) in [5.74, 6) is 0. The maximum atomic E-state index is 8.95. The Morgan fingerprint density at radius 3 is 3.00 bits per heavy atom. The minimum Gasteiger partial charge on any atom is -0.394 e. The molecule has 1 heterocycles. The van der Waals surface area contributed by atoms with E-state index >= 15 is 0 Å². The van der Waals surface area contributed by atoms with Gasteiger partial charge in [-0.15, -0.1) is 0 Å². The zero-order valence-electron chi connectivity index (χ0n) is 6.67. The first-order chi connectivity index (χ1) is 5.38. The zero-order valence-corrected chi connectivity index (χ0v) is 6.67. The Balaban J connectivity index is 2.56. The number of aliphatic hydroxyl groups excluding tert-OH is 1. The molecule has 0 bridgehead atoms. The molecule has 1 aromatic rings. The van der Waals surface area contributed by atoms with Crippen molar-refractivity contribution >= 4 is 0 Å². The fourth-order valence-corrected chi connectivity index (χ4v) is 1.08. The average molecular weight is 154 g/mol. The van der Waals surface area contributed by atoms with Crippen LogP contribution in [0, 0.1) is 0 Å². The molecule has 0 aliphatic carbocycles. The molecule has 0 amide bonds. The SMILES string of the molecule is CCNC(CO)c1ccc[nH]1. The fourth-order valence-electron chi connectivity index (χ4n) is 1.08. The molecule has 0 aliphatic rings. The van der Waals surface area contributed by atoms with Gasteiger partial charge >= 0.3 is 0 Å². The highest BCUT2D eigenvalue weighted by Crippen LogP contribution is 2.07. The molecule has 3 N–H and O–H groups in total. The summed E-state index contributed by atoms with van der Waals surface area (Å²) in [5.41, 5.74) is 1.04. The molecule has 1 rings (SSSR count). The van der Waals surface area contributed by atoms with E-state index in [4.69, 9.17) is 5.11 Å². The standard InChI is InChI=1S/C8H14N2O/c1-2-9-8(6-11)7-4-3-5-10-7/h3-5,8-11H,2,6H2,1H3. The van der Waals surface area contributed by atoms with Gasteiger partial charge in [-0.25, -0.2) is 0 Å². The van der Waals surface area contributed by atoms with E-state index in [2.05, 4.69) is 10.3 Å². The quantitative estimate of drug-likeness (QED) is 0.596. The van der Waals surface area contributed by atoms with Crippen molar-refractivity contribution in [2.75, 3.05) is 13.2 Å². The van der Waals surface area contributed by atoms with Gasteiger partial charge in [0.1, 0.15) is 0 Å². The minimum atomic E-state index is 0.0509. The predicted molar refractivity (Wildman–Crippen MR) is 44.3 cm³/mol. The summed E-state index contributed by atoms with van der Waals surface area (Å²) in [6, 6.07) is 3.94. The molecule has 62 valence electrons. The highest BCUT2D eigenvalue weighted by Gasteiger charge is 2.07. The van der Waals surface area contributed by atoms with Gasteiger partial charge < -0.3 is 15.4 Å². The molecule has 1 unspecified atom stereocenters. The van der Waals surface area contributed by atoms with Crippen LogP contribution in [-0.4, -0.2) is 23.2 Å². The molecule has 11 heavy (non-hydrogen) atoms. The first-order valence-electron chi connectivity index (χ1n) is 3.86. The summed E-state index contributed by atoms with van der Waals surface area (Å²) in [7, 11) is 0. The number of H-pyrrole nitrogens is 1. The van der Waals surface area contributed by atoms with Gasteiger partial charge in [0, 0.05) is 11.9 Å². The number of hydrogen-bond acceptors (Lipinski definition) is 2. The van der Waals surface area contributed by atoms with Crippen LogP contribution in [0.15, 0.2) is 18.3 Å². The van der Waals surface area contributed by atoms with Gasteiger partial charge in [-0.1, -0.05) is 6.92 Å². The normalized spacial score (nSPS) is 13.3. The number of aromatic amines is 1. The zero-order chi connectivity index (χ0) is 8.10. The summed E-state index contributed by atoms with van der Waals surface area (Å²) >= 11 is 0. The Bertz CT molecular complexity index is 184. The van der Waals surface area contributed by atoms with Gasteiger partial charge in [0.2, 0.25) is 0 Å². The highest BCUT2D eigenvalue weighted by molar-refractivity contribution is 5.08. The second-order valence-electron chi connectivity index (χ2n) is 2.42. The molecular formula is C8H14N2O. The summed E-state index contributed by atoms with van der Waals surface area (Å²) in [4.78, 5) is 3.05. The van der Waals surface area contributed by atoms with Crippen molar-refractivity contribution < 1.29 is 5.11 Å². The lowest BCUT2D eigenvalue weighted by atomic mass is 10.2. The van der Waals surface area contributed by atoms with Crippen LogP contribution in [0.1, 0.15) is 18.7 Å². The fraction of sp³-hybridized carbons (Fsp3) is 0.500. The second-order valence-corrected chi connectivity index (χ2v) is 2.42. The van der Waals surface area contributed by atoms with Crippen LogP contribution in [0.5, 0.6) is 0 Å². The molecular weight excluding hydrogens is 140 g/mol. The van der Waals surface area contributed by atoms with Crippen molar-refractivity contribution in [2.24, 2.45) is 0 Å². The molecule has 3 heteroatoms. The van der Waals surface area contributed by atoms with Crippen molar-refractivity contribution in [3.63, 3.8) is 0 Å². The number of aliphatic hydroxyl groups is 1. The molecule has 1 atom stereocenters. The summed E-state index contributed by atoms with van der Waals surface area (Å²) in [6.45, 7) is 3.02. The number of likely N-dealkylation sites (N-methyl/N-ethyl adjacent to an activating group) is 1. The van der Waals surface area contributed by atoms with Crippen molar-refractivity contribution in [1.29, 1.82) is 0 Å². The smallest absolute Gasteiger partial charge is 0.0707 e. The molecule has 0 aromatic carbocycles. The molecule has 0 saturated carbocycles. The van der Waals surface area contributed by atoms with E-state index in [9.17, 15) is 0 Å². The van der Waals surface area contributed by atoms with Gasteiger partial charge in [-0.2, -0.15) is 0 Å². The lowest BCUT2D eigenvalue weighted by Crippen LogP contribution is -2.24. The largest absolute Gasteiger partial charge is 0.394 e. The van der Waals surface area contributed by atoms with E-state index in [1.807, 2.05) is 25.3 Å². The van der Waals surface area contributed by atoms with Crippen molar-refractivity contribution in [3.05, 3.63) is 24.0 Å². The Labute approximate surface area is 66.4 Å². The number of hydrogen-bond donors (Lipinski definition) is 3. The summed E-state index contributed by atoms with van der Waals surface area (Å²) < 4.78 is 0. The van der Waals surface area contributed by atoms with Crippen molar-refractivity contribution in [3.8, 4) is 0 Å². The first-order valence-corrected chi connectivity index (χ1v) is 3.86. The van der Waals surface area contributed by atoms with E-state index in [1.165, 1.54) is 0 Å². The van der Waals surface area contributed by atoms with E-state index in [1.54, 1.807) is 0 Å². The Morgan fingerprint density at radius 2 is 2.55 bits per heavy atom. The summed E-state index contributed by atoms with van der Waals surface area (Å²) in [5, 5.41) is 12.1. The van der Waals surface area contributed by atoms with Gasteiger partial charge in [-0.3, -0.25) is 0 Å². The third-order valence-electron chi connectivity index (χ3n) is 1.63. The minimum absolute atomic E-state index is 0.0509. The highest BCUT2D eigenvalue weighted by atomic mass is 16.3. The van der Waals surface area contributed by atoms with E-state index in [0.717, 1.165) is 12.2 Å². The number of rotatable bonds is 4.